The van der Waals surface area contributed by atoms with Crippen LogP contribution in [0.5, 0.6) is 0 Å². The lowest BCUT2D eigenvalue weighted by molar-refractivity contribution is 0.526. The minimum atomic E-state index is -3.62. The Morgan fingerprint density at radius 3 is 2.48 bits per heavy atom. The molecule has 3 aromatic rings. The van der Waals surface area contributed by atoms with Crippen LogP contribution >= 0.6 is 0 Å². The predicted molar refractivity (Wildman–Crippen MR) is 104 cm³/mol. The Kier molecular flexibility index (Phi) is 5.28. The third kappa shape index (κ3) is 4.54. The number of hydrogen-bond donors (Lipinski definition) is 2. The minimum absolute atomic E-state index is 0.420. The summed E-state index contributed by atoms with van der Waals surface area (Å²) in [5.41, 5.74) is 2.59. The first-order valence-electron chi connectivity index (χ1n) is 8.01. The fourth-order valence-corrected chi connectivity index (χ4v) is 2.87. The number of nitrogens with zero attached hydrogens (tertiary/aromatic N) is 5. The fraction of sp³-hybridized carbons (Fsp3) is 0.176. The van der Waals surface area contributed by atoms with Crippen LogP contribution in [0.15, 0.2) is 49.2 Å². The van der Waals surface area contributed by atoms with Crippen LogP contribution in [0, 0.1) is 6.92 Å². The van der Waals surface area contributed by atoms with E-state index in [0.29, 0.717) is 23.0 Å². The van der Waals surface area contributed by atoms with Crippen molar-refractivity contribution in [2.75, 3.05) is 24.1 Å². The number of hydrogen-bond acceptors (Lipinski definition) is 7. The second kappa shape index (κ2) is 7.64. The van der Waals surface area contributed by atoms with Crippen molar-refractivity contribution in [1.82, 2.24) is 24.2 Å². The van der Waals surface area contributed by atoms with E-state index in [0.717, 1.165) is 15.4 Å². The molecule has 3 rings (SSSR count). The lowest BCUT2D eigenvalue weighted by atomic mass is 10.1. The van der Waals surface area contributed by atoms with E-state index in [1.54, 1.807) is 37.6 Å². The van der Waals surface area contributed by atoms with Crippen molar-refractivity contribution in [2.45, 2.75) is 6.92 Å². The zero-order valence-corrected chi connectivity index (χ0v) is 15.9. The van der Waals surface area contributed by atoms with Crippen molar-refractivity contribution in [3.8, 4) is 11.1 Å². The van der Waals surface area contributed by atoms with Gasteiger partial charge in [0.25, 0.3) is 0 Å². The molecule has 140 valence electrons. The zero-order valence-electron chi connectivity index (χ0n) is 15.1. The average molecular weight is 385 g/mol. The van der Waals surface area contributed by atoms with Gasteiger partial charge in [-0.25, -0.2) is 15.0 Å². The van der Waals surface area contributed by atoms with Gasteiger partial charge < -0.3 is 5.32 Å². The summed E-state index contributed by atoms with van der Waals surface area (Å²) in [5, 5.41) is 3.09. The highest BCUT2D eigenvalue weighted by Crippen LogP contribution is 2.26. The summed E-state index contributed by atoms with van der Waals surface area (Å²) in [6.07, 6.45) is 6.42. The molecule has 2 N–H and O–H groups in total. The first kappa shape index (κ1) is 18.7. The molecule has 3 heterocycles. The average Bonchev–Trinajstić information content (AvgIpc) is 2.64. The summed E-state index contributed by atoms with van der Waals surface area (Å²) >= 11 is 0. The zero-order chi connectivity index (χ0) is 19.4. The van der Waals surface area contributed by atoms with Gasteiger partial charge in [0.2, 0.25) is 0 Å². The highest BCUT2D eigenvalue weighted by molar-refractivity contribution is 7.90. The Bertz CT molecular complexity index is 1040. The van der Waals surface area contributed by atoms with Crippen LogP contribution in [0.25, 0.3) is 11.1 Å². The van der Waals surface area contributed by atoms with Crippen LogP contribution < -0.4 is 10.0 Å². The first-order valence-corrected chi connectivity index (χ1v) is 9.45. The summed E-state index contributed by atoms with van der Waals surface area (Å²) in [6.45, 7) is 1.74. The summed E-state index contributed by atoms with van der Waals surface area (Å²) in [6, 6.07) is 7.13. The largest absolute Gasteiger partial charge is 0.325 e. The van der Waals surface area contributed by atoms with Crippen LogP contribution in [0.4, 0.5) is 17.3 Å². The third-order valence-electron chi connectivity index (χ3n) is 3.74. The second-order valence-electron chi connectivity index (χ2n) is 5.90. The number of aromatic nitrogens is 4. The number of rotatable bonds is 6. The molecule has 0 spiro atoms. The van der Waals surface area contributed by atoms with E-state index >= 15 is 0 Å². The normalized spacial score (nSPS) is 11.4. The van der Waals surface area contributed by atoms with Crippen molar-refractivity contribution < 1.29 is 8.42 Å². The van der Waals surface area contributed by atoms with Gasteiger partial charge in [-0.3, -0.25) is 9.71 Å². The molecule has 0 atom stereocenters. The number of anilines is 3. The highest BCUT2D eigenvalue weighted by atomic mass is 32.2. The molecule has 0 saturated heterocycles. The van der Waals surface area contributed by atoms with E-state index in [1.807, 2.05) is 12.1 Å². The lowest BCUT2D eigenvalue weighted by Gasteiger charge is -2.15. The van der Waals surface area contributed by atoms with Gasteiger partial charge in [-0.1, -0.05) is 0 Å². The van der Waals surface area contributed by atoms with Gasteiger partial charge in [-0.05, 0) is 36.8 Å². The Morgan fingerprint density at radius 2 is 1.78 bits per heavy atom. The molecule has 0 radical (unpaired) electrons. The molecule has 0 aliphatic heterocycles. The highest BCUT2D eigenvalue weighted by Gasteiger charge is 2.15. The van der Waals surface area contributed by atoms with Gasteiger partial charge in [-0.2, -0.15) is 12.7 Å². The first-order chi connectivity index (χ1) is 12.8. The topological polar surface area (TPSA) is 113 Å². The maximum atomic E-state index is 12.1. The molecule has 0 unspecified atom stereocenters. The van der Waals surface area contributed by atoms with Crippen molar-refractivity contribution in [2.24, 2.45) is 0 Å². The van der Waals surface area contributed by atoms with Gasteiger partial charge in [0.1, 0.15) is 18.0 Å². The third-order valence-corrected chi connectivity index (χ3v) is 5.18. The SMILES string of the molecule is Cc1ncc(-c2ccnc(Nc3ccncn3)c2)cc1NS(=O)(=O)N(C)C. The van der Waals surface area contributed by atoms with Crippen molar-refractivity contribution >= 4 is 27.5 Å². The van der Waals surface area contributed by atoms with Crippen molar-refractivity contribution in [3.05, 3.63) is 54.9 Å². The maximum Gasteiger partial charge on any atom is 0.301 e. The van der Waals surface area contributed by atoms with Gasteiger partial charge in [0, 0.05) is 38.2 Å². The summed E-state index contributed by atoms with van der Waals surface area (Å²) in [4.78, 5) is 16.6. The van der Waals surface area contributed by atoms with Crippen molar-refractivity contribution in [1.29, 1.82) is 0 Å². The molecule has 9 nitrogen and oxygen atoms in total. The van der Waals surface area contributed by atoms with Crippen LogP contribution in [0.2, 0.25) is 0 Å². The molecule has 3 aromatic heterocycles. The molecule has 0 saturated carbocycles. The Labute approximate surface area is 157 Å². The smallest absolute Gasteiger partial charge is 0.301 e. The van der Waals surface area contributed by atoms with E-state index in [4.69, 9.17) is 0 Å². The molecule has 0 aliphatic carbocycles. The van der Waals surface area contributed by atoms with E-state index in [-0.39, 0.29) is 0 Å². The lowest BCUT2D eigenvalue weighted by Crippen LogP contribution is -2.29. The molecule has 27 heavy (non-hydrogen) atoms. The monoisotopic (exact) mass is 385 g/mol. The summed E-state index contributed by atoms with van der Waals surface area (Å²) < 4.78 is 27.9. The maximum absolute atomic E-state index is 12.1. The number of aryl methyl sites for hydroxylation is 1. The van der Waals surface area contributed by atoms with Crippen LogP contribution in [0.1, 0.15) is 5.69 Å². The van der Waals surface area contributed by atoms with Gasteiger partial charge >= 0.3 is 10.2 Å². The number of nitrogens with one attached hydrogen (secondary N) is 2. The van der Waals surface area contributed by atoms with Crippen molar-refractivity contribution in [3.63, 3.8) is 0 Å². The van der Waals surface area contributed by atoms with Crippen LogP contribution in [0.3, 0.4) is 0 Å². The molecular weight excluding hydrogens is 366 g/mol. The summed E-state index contributed by atoms with van der Waals surface area (Å²) in [5.74, 6) is 1.22. The minimum Gasteiger partial charge on any atom is -0.325 e. The Balaban J connectivity index is 1.91. The second-order valence-corrected chi connectivity index (χ2v) is 7.78. The van der Waals surface area contributed by atoms with Gasteiger partial charge in [0.05, 0.1) is 11.4 Å². The summed E-state index contributed by atoms with van der Waals surface area (Å²) in [7, 11) is -0.695. The van der Waals surface area contributed by atoms with Crippen LogP contribution in [-0.2, 0) is 10.2 Å². The molecule has 10 heteroatoms. The molecule has 0 fully saturated rings. The van der Waals surface area contributed by atoms with Gasteiger partial charge in [0.15, 0.2) is 0 Å². The fourth-order valence-electron chi connectivity index (χ4n) is 2.20. The molecular formula is C17H19N7O2S. The molecule has 0 bridgehead atoms. The molecule has 0 amide bonds. The number of pyridine rings is 2. The van der Waals surface area contributed by atoms with E-state index in [2.05, 4.69) is 30.0 Å². The van der Waals surface area contributed by atoms with E-state index in [1.165, 1.54) is 20.4 Å². The van der Waals surface area contributed by atoms with Crippen LogP contribution in [-0.4, -0.2) is 46.8 Å². The Hall–Kier alpha value is -3.11. The van der Waals surface area contributed by atoms with E-state index in [9.17, 15) is 8.42 Å². The standard InChI is InChI=1S/C17H19N7O2S/c1-12-15(23-27(25,26)24(2)3)8-14(10-20-12)13-4-7-19-17(9-13)22-16-5-6-18-11-21-16/h4-11,23H,1-3H3,(H,18,19,21,22). The van der Waals surface area contributed by atoms with Gasteiger partial charge in [-0.15, -0.1) is 0 Å². The quantitative estimate of drug-likeness (QED) is 0.669. The molecule has 0 aromatic carbocycles. The predicted octanol–water partition coefficient (Wildman–Crippen LogP) is 2.20. The molecule has 0 aliphatic rings. The Morgan fingerprint density at radius 1 is 0.963 bits per heavy atom. The van der Waals surface area contributed by atoms with E-state index < -0.39 is 10.2 Å².